The van der Waals surface area contributed by atoms with Crippen molar-refractivity contribution >= 4 is 0 Å². The van der Waals surface area contributed by atoms with Gasteiger partial charge in [-0.15, -0.1) is 0 Å². The van der Waals surface area contributed by atoms with Crippen LogP contribution < -0.4 is 10.6 Å². The maximum atomic E-state index is 3.38. The Hall–Kier alpha value is -0.120. The van der Waals surface area contributed by atoms with Crippen LogP contribution in [-0.2, 0) is 0 Å². The highest BCUT2D eigenvalue weighted by Crippen LogP contribution is 2.22. The van der Waals surface area contributed by atoms with Crippen LogP contribution in [0.4, 0.5) is 0 Å². The van der Waals surface area contributed by atoms with E-state index in [0.29, 0.717) is 5.41 Å². The van der Waals surface area contributed by atoms with E-state index in [1.54, 1.807) is 0 Å². The molecule has 0 bridgehead atoms. The first kappa shape index (κ1) is 8.48. The summed E-state index contributed by atoms with van der Waals surface area (Å²) in [5.74, 6) is 0. The van der Waals surface area contributed by atoms with E-state index in [0.717, 1.165) is 0 Å². The zero-order valence-corrected chi connectivity index (χ0v) is 7.90. The van der Waals surface area contributed by atoms with Crippen LogP contribution >= 0.6 is 0 Å². The third kappa shape index (κ3) is 1.79. The molecule has 0 aliphatic carbocycles. The van der Waals surface area contributed by atoms with Gasteiger partial charge in [0, 0.05) is 51.2 Å². The van der Waals surface area contributed by atoms with Gasteiger partial charge in [0.25, 0.3) is 0 Å². The summed E-state index contributed by atoms with van der Waals surface area (Å²) in [5.41, 5.74) is 0.567. The number of nitrogens with one attached hydrogen (secondary N) is 2. The van der Waals surface area contributed by atoms with E-state index in [9.17, 15) is 0 Å². The van der Waals surface area contributed by atoms with Crippen LogP contribution in [0.25, 0.3) is 0 Å². The Balaban J connectivity index is 1.77. The van der Waals surface area contributed by atoms with E-state index in [-0.39, 0.29) is 0 Å². The van der Waals surface area contributed by atoms with Gasteiger partial charge in [0.1, 0.15) is 0 Å². The maximum Gasteiger partial charge on any atom is 0.0108 e. The minimum Gasteiger partial charge on any atom is -0.315 e. The Labute approximate surface area is 74.5 Å². The topological polar surface area (TPSA) is 27.3 Å². The lowest BCUT2D eigenvalue weighted by Crippen LogP contribution is -2.59. The summed E-state index contributed by atoms with van der Waals surface area (Å²) < 4.78 is 0. The Morgan fingerprint density at radius 1 is 1.17 bits per heavy atom. The summed E-state index contributed by atoms with van der Waals surface area (Å²) in [6.07, 6.45) is 0. The van der Waals surface area contributed by atoms with Crippen LogP contribution in [0, 0.1) is 5.41 Å². The molecule has 0 aromatic carbocycles. The molecule has 3 heteroatoms. The number of rotatable bonds is 2. The smallest absolute Gasteiger partial charge is 0.0108 e. The number of nitrogens with zero attached hydrogens (tertiary/aromatic N) is 1. The van der Waals surface area contributed by atoms with E-state index in [2.05, 4.69) is 22.5 Å². The van der Waals surface area contributed by atoms with Crippen LogP contribution in [0.2, 0.25) is 0 Å². The second-order valence-corrected chi connectivity index (χ2v) is 4.44. The van der Waals surface area contributed by atoms with Gasteiger partial charge in [-0.25, -0.2) is 0 Å². The van der Waals surface area contributed by atoms with Crippen LogP contribution in [0.3, 0.4) is 0 Å². The Morgan fingerprint density at radius 3 is 2.33 bits per heavy atom. The van der Waals surface area contributed by atoms with Crippen LogP contribution in [0.15, 0.2) is 0 Å². The van der Waals surface area contributed by atoms with E-state index >= 15 is 0 Å². The zero-order chi connectivity index (χ0) is 8.44. The molecule has 2 saturated heterocycles. The SMILES string of the molecule is CC1(CN2CCNCC2)CNC1. The molecule has 2 aliphatic rings. The quantitative estimate of drug-likeness (QED) is 0.583. The lowest BCUT2D eigenvalue weighted by Gasteiger charge is -2.44. The van der Waals surface area contributed by atoms with Crippen LogP contribution in [0.5, 0.6) is 0 Å². The minimum absolute atomic E-state index is 0.567. The molecule has 0 unspecified atom stereocenters. The molecular weight excluding hydrogens is 150 g/mol. The van der Waals surface area contributed by atoms with Gasteiger partial charge in [-0.05, 0) is 0 Å². The molecule has 70 valence electrons. The second-order valence-electron chi connectivity index (χ2n) is 4.44. The number of hydrogen-bond acceptors (Lipinski definition) is 3. The lowest BCUT2D eigenvalue weighted by atomic mass is 9.83. The molecule has 0 amide bonds. The molecule has 2 rings (SSSR count). The summed E-state index contributed by atoms with van der Waals surface area (Å²) in [6, 6.07) is 0. The minimum atomic E-state index is 0.567. The fourth-order valence-electron chi connectivity index (χ4n) is 2.07. The maximum absolute atomic E-state index is 3.38. The first-order valence-corrected chi connectivity index (χ1v) is 4.92. The molecule has 0 aromatic heterocycles. The third-order valence-corrected chi connectivity index (χ3v) is 2.92. The van der Waals surface area contributed by atoms with E-state index in [4.69, 9.17) is 0 Å². The lowest BCUT2D eigenvalue weighted by molar-refractivity contribution is 0.0996. The van der Waals surface area contributed by atoms with Crippen molar-refractivity contribution in [1.82, 2.24) is 15.5 Å². The average Bonchev–Trinajstić information content (AvgIpc) is 2.04. The van der Waals surface area contributed by atoms with Gasteiger partial charge >= 0.3 is 0 Å². The highest BCUT2D eigenvalue weighted by atomic mass is 15.2. The predicted octanol–water partition coefficient (Wildman–Crippen LogP) is -0.499. The van der Waals surface area contributed by atoms with Crippen molar-refractivity contribution in [3.8, 4) is 0 Å². The van der Waals surface area contributed by atoms with Crippen molar-refractivity contribution in [2.24, 2.45) is 5.41 Å². The molecule has 0 spiro atoms. The molecule has 0 aromatic rings. The first-order valence-electron chi connectivity index (χ1n) is 4.92. The summed E-state index contributed by atoms with van der Waals surface area (Å²) in [7, 11) is 0. The van der Waals surface area contributed by atoms with Crippen molar-refractivity contribution in [1.29, 1.82) is 0 Å². The van der Waals surface area contributed by atoms with Gasteiger partial charge in [0.15, 0.2) is 0 Å². The van der Waals surface area contributed by atoms with Crippen LogP contribution in [-0.4, -0.2) is 50.7 Å². The Morgan fingerprint density at radius 2 is 1.83 bits per heavy atom. The van der Waals surface area contributed by atoms with Gasteiger partial charge in [0.2, 0.25) is 0 Å². The summed E-state index contributed by atoms with van der Waals surface area (Å²) >= 11 is 0. The predicted molar refractivity (Wildman–Crippen MR) is 50.3 cm³/mol. The van der Waals surface area contributed by atoms with Gasteiger partial charge < -0.3 is 15.5 Å². The molecule has 0 radical (unpaired) electrons. The van der Waals surface area contributed by atoms with E-state index in [1.165, 1.54) is 45.8 Å². The first-order chi connectivity index (χ1) is 5.79. The van der Waals surface area contributed by atoms with Crippen molar-refractivity contribution < 1.29 is 0 Å². The molecule has 2 N–H and O–H groups in total. The zero-order valence-electron chi connectivity index (χ0n) is 7.90. The van der Waals surface area contributed by atoms with E-state index < -0.39 is 0 Å². The highest BCUT2D eigenvalue weighted by Gasteiger charge is 2.33. The van der Waals surface area contributed by atoms with Crippen molar-refractivity contribution in [2.75, 3.05) is 45.8 Å². The summed E-state index contributed by atoms with van der Waals surface area (Å²) in [5, 5.41) is 6.73. The van der Waals surface area contributed by atoms with Crippen molar-refractivity contribution in [2.45, 2.75) is 6.92 Å². The molecule has 2 aliphatic heterocycles. The van der Waals surface area contributed by atoms with Gasteiger partial charge in [0.05, 0.1) is 0 Å². The number of hydrogen-bond donors (Lipinski definition) is 2. The summed E-state index contributed by atoms with van der Waals surface area (Å²) in [6.45, 7) is 10.9. The average molecular weight is 169 g/mol. The highest BCUT2D eigenvalue weighted by molar-refractivity contribution is 4.91. The van der Waals surface area contributed by atoms with Gasteiger partial charge in [-0.1, -0.05) is 6.92 Å². The molecule has 0 saturated carbocycles. The molecular formula is C9H19N3. The fraction of sp³-hybridized carbons (Fsp3) is 1.00. The second kappa shape index (κ2) is 3.32. The van der Waals surface area contributed by atoms with Crippen molar-refractivity contribution in [3.05, 3.63) is 0 Å². The van der Waals surface area contributed by atoms with Gasteiger partial charge in [-0.3, -0.25) is 0 Å². The normalized spacial score (nSPS) is 29.8. The standard InChI is InChI=1S/C9H19N3/c1-9(6-11-7-9)8-12-4-2-10-3-5-12/h10-11H,2-8H2,1H3. The Bertz CT molecular complexity index is 148. The molecule has 0 atom stereocenters. The van der Waals surface area contributed by atoms with Gasteiger partial charge in [-0.2, -0.15) is 0 Å². The molecule has 12 heavy (non-hydrogen) atoms. The third-order valence-electron chi connectivity index (χ3n) is 2.92. The monoisotopic (exact) mass is 169 g/mol. The Kier molecular flexibility index (Phi) is 2.35. The van der Waals surface area contributed by atoms with Crippen molar-refractivity contribution in [3.63, 3.8) is 0 Å². The molecule has 3 nitrogen and oxygen atoms in total. The van der Waals surface area contributed by atoms with Crippen LogP contribution in [0.1, 0.15) is 6.92 Å². The summed E-state index contributed by atoms with van der Waals surface area (Å²) in [4.78, 5) is 2.58. The molecule has 2 fully saturated rings. The van der Waals surface area contributed by atoms with E-state index in [1.807, 2.05) is 0 Å². The molecule has 2 heterocycles. The fourth-order valence-corrected chi connectivity index (χ4v) is 2.07. The largest absolute Gasteiger partial charge is 0.315 e. The number of piperazine rings is 1.